The number of amides is 1. The Kier molecular flexibility index (Phi) is 6.23. The predicted molar refractivity (Wildman–Crippen MR) is 141 cm³/mol. The van der Waals surface area contributed by atoms with Gasteiger partial charge >= 0.3 is 0 Å². The van der Waals surface area contributed by atoms with Crippen LogP contribution in [0, 0.1) is 0 Å². The molecule has 1 heterocycles. The van der Waals surface area contributed by atoms with Crippen molar-refractivity contribution in [3.63, 3.8) is 0 Å². The zero-order valence-corrected chi connectivity index (χ0v) is 20.4. The van der Waals surface area contributed by atoms with Crippen LogP contribution < -0.4 is 9.64 Å². The number of fused-ring (bicyclic) bond motifs is 1. The van der Waals surface area contributed by atoms with E-state index in [-0.39, 0.29) is 45.9 Å². The van der Waals surface area contributed by atoms with E-state index in [0.29, 0.717) is 11.1 Å². The zero-order valence-electron chi connectivity index (χ0n) is 19.7. The summed E-state index contributed by atoms with van der Waals surface area (Å²) in [7, 11) is 0. The van der Waals surface area contributed by atoms with E-state index >= 15 is 0 Å². The highest BCUT2D eigenvalue weighted by atomic mass is 35.5. The average molecular weight is 516 g/mol. The molecule has 0 spiro atoms. The number of carbonyl (C=O) groups excluding carboxylic acids is 2. The number of phenolic OH excluding ortho intramolecular Hbond substituents is 2. The lowest BCUT2D eigenvalue weighted by molar-refractivity contribution is -0.132. The van der Waals surface area contributed by atoms with E-state index < -0.39 is 17.7 Å². The quantitative estimate of drug-likeness (QED) is 0.173. The standard InChI is InChI=1S/C29H22ClNO6/c1-2-37-24-14-18(9-11-23(24)33)26-25(27(34)19-8-7-16-5-3-4-6-17(16)13-19)28(35)29(36)31(26)21-15-20(30)10-12-22(21)32/h3-15,26,32-34H,2H2,1H3/b27-25+. The van der Waals surface area contributed by atoms with Crippen LogP contribution in [0.1, 0.15) is 24.1 Å². The van der Waals surface area contributed by atoms with Crippen LogP contribution in [0.5, 0.6) is 17.2 Å². The van der Waals surface area contributed by atoms with Crippen LogP contribution in [0.15, 0.2) is 84.4 Å². The number of rotatable bonds is 5. The molecule has 7 nitrogen and oxygen atoms in total. The minimum atomic E-state index is -1.14. The molecule has 0 aromatic heterocycles. The second-order valence-corrected chi connectivity index (χ2v) is 8.96. The maximum Gasteiger partial charge on any atom is 0.300 e. The summed E-state index contributed by atoms with van der Waals surface area (Å²) in [4.78, 5) is 27.9. The molecule has 1 saturated heterocycles. The fourth-order valence-electron chi connectivity index (χ4n) is 4.55. The third-order valence-electron chi connectivity index (χ3n) is 6.26. The Balaban J connectivity index is 1.76. The fourth-order valence-corrected chi connectivity index (χ4v) is 4.72. The molecule has 5 rings (SSSR count). The maximum absolute atomic E-state index is 13.4. The molecule has 3 N–H and O–H groups in total. The van der Waals surface area contributed by atoms with Crippen molar-refractivity contribution in [2.24, 2.45) is 0 Å². The summed E-state index contributed by atoms with van der Waals surface area (Å²) in [6.45, 7) is 2.02. The van der Waals surface area contributed by atoms with E-state index in [4.69, 9.17) is 16.3 Å². The van der Waals surface area contributed by atoms with Gasteiger partial charge in [-0.2, -0.15) is 0 Å². The molecule has 0 radical (unpaired) electrons. The summed E-state index contributed by atoms with van der Waals surface area (Å²) in [6, 6.07) is 20.2. The van der Waals surface area contributed by atoms with Crippen LogP contribution >= 0.6 is 11.6 Å². The number of ether oxygens (including phenoxy) is 1. The number of carbonyl (C=O) groups is 2. The van der Waals surface area contributed by atoms with Gasteiger partial charge in [0, 0.05) is 10.6 Å². The highest BCUT2D eigenvalue weighted by Crippen LogP contribution is 2.46. The molecular weight excluding hydrogens is 494 g/mol. The second-order valence-electron chi connectivity index (χ2n) is 8.52. The van der Waals surface area contributed by atoms with E-state index in [1.54, 1.807) is 19.1 Å². The number of aliphatic hydroxyl groups excluding tert-OH is 1. The number of nitrogens with zero attached hydrogens (tertiary/aromatic N) is 1. The first-order chi connectivity index (χ1) is 17.8. The lowest BCUT2D eigenvalue weighted by atomic mass is 9.94. The molecular formula is C29H22ClNO6. The number of Topliss-reactive ketones (excluding diaryl/α,β-unsaturated/α-hetero) is 1. The van der Waals surface area contributed by atoms with Gasteiger partial charge in [0.05, 0.1) is 23.9 Å². The Morgan fingerprint density at radius 1 is 0.919 bits per heavy atom. The van der Waals surface area contributed by atoms with E-state index in [9.17, 15) is 24.9 Å². The van der Waals surface area contributed by atoms with Crippen LogP contribution in [0.2, 0.25) is 5.02 Å². The number of aromatic hydroxyl groups is 2. The van der Waals surface area contributed by atoms with Crippen molar-refractivity contribution in [2.75, 3.05) is 11.5 Å². The first-order valence-corrected chi connectivity index (χ1v) is 11.9. The smallest absolute Gasteiger partial charge is 0.300 e. The number of phenols is 2. The highest BCUT2D eigenvalue weighted by molar-refractivity contribution is 6.52. The third kappa shape index (κ3) is 4.23. The molecule has 1 aliphatic heterocycles. The SMILES string of the molecule is CCOc1cc(C2/C(=C(\O)c3ccc4ccccc4c3)C(=O)C(=O)N2c2cc(Cl)ccc2O)ccc1O. The molecule has 37 heavy (non-hydrogen) atoms. The Morgan fingerprint density at radius 3 is 2.41 bits per heavy atom. The predicted octanol–water partition coefficient (Wildman–Crippen LogP) is 5.93. The van der Waals surface area contributed by atoms with Gasteiger partial charge in [0.25, 0.3) is 11.7 Å². The minimum absolute atomic E-state index is 0.00296. The molecule has 1 unspecified atom stereocenters. The van der Waals surface area contributed by atoms with Crippen LogP contribution in [-0.2, 0) is 9.59 Å². The van der Waals surface area contributed by atoms with E-state index in [0.717, 1.165) is 15.7 Å². The van der Waals surface area contributed by atoms with Crippen molar-refractivity contribution in [2.45, 2.75) is 13.0 Å². The van der Waals surface area contributed by atoms with E-state index in [2.05, 4.69) is 0 Å². The molecule has 4 aromatic carbocycles. The van der Waals surface area contributed by atoms with Crippen LogP contribution in [0.25, 0.3) is 16.5 Å². The molecule has 4 aromatic rings. The summed E-state index contributed by atoms with van der Waals surface area (Å²) in [6.07, 6.45) is 0. The van der Waals surface area contributed by atoms with Crippen LogP contribution in [-0.4, -0.2) is 33.6 Å². The maximum atomic E-state index is 13.4. The van der Waals surface area contributed by atoms with Crippen LogP contribution in [0.4, 0.5) is 5.69 Å². The van der Waals surface area contributed by atoms with Gasteiger partial charge < -0.3 is 20.1 Å². The Labute approximate surface area is 217 Å². The molecule has 1 amide bonds. The minimum Gasteiger partial charge on any atom is -0.507 e. The Bertz CT molecular complexity index is 1590. The molecule has 0 bridgehead atoms. The lowest BCUT2D eigenvalue weighted by Crippen LogP contribution is -2.29. The second kappa shape index (κ2) is 9.52. The monoisotopic (exact) mass is 515 g/mol. The summed E-state index contributed by atoms with van der Waals surface area (Å²) >= 11 is 6.16. The molecule has 1 fully saturated rings. The highest BCUT2D eigenvalue weighted by Gasteiger charge is 2.48. The summed E-state index contributed by atoms with van der Waals surface area (Å²) in [5.74, 6) is -2.50. The largest absolute Gasteiger partial charge is 0.507 e. The number of benzene rings is 4. The van der Waals surface area contributed by atoms with E-state index in [1.807, 2.05) is 30.3 Å². The first kappa shape index (κ1) is 24.2. The molecule has 186 valence electrons. The zero-order chi connectivity index (χ0) is 26.3. The van der Waals surface area contributed by atoms with Gasteiger partial charge in [-0.1, -0.05) is 54.1 Å². The van der Waals surface area contributed by atoms with Gasteiger partial charge in [-0.05, 0) is 59.7 Å². The number of halogens is 1. The van der Waals surface area contributed by atoms with Gasteiger partial charge in [0.1, 0.15) is 11.5 Å². The average Bonchev–Trinajstić information content (AvgIpc) is 3.16. The number of ketones is 1. The van der Waals surface area contributed by atoms with Gasteiger partial charge in [-0.25, -0.2) is 0 Å². The van der Waals surface area contributed by atoms with Crippen LogP contribution in [0.3, 0.4) is 0 Å². The summed E-state index contributed by atoms with van der Waals surface area (Å²) < 4.78 is 5.52. The molecule has 1 atom stereocenters. The summed E-state index contributed by atoms with van der Waals surface area (Å²) in [5.41, 5.74) is 0.555. The molecule has 0 aliphatic carbocycles. The van der Waals surface area contributed by atoms with Crippen molar-refractivity contribution in [1.82, 2.24) is 0 Å². The normalized spacial score (nSPS) is 16.9. The molecule has 0 saturated carbocycles. The van der Waals surface area contributed by atoms with Gasteiger partial charge in [0.15, 0.2) is 11.5 Å². The van der Waals surface area contributed by atoms with Crippen molar-refractivity contribution in [3.8, 4) is 17.2 Å². The Hall–Kier alpha value is -4.49. The number of anilines is 1. The number of hydrogen-bond donors (Lipinski definition) is 3. The first-order valence-electron chi connectivity index (χ1n) is 11.5. The van der Waals surface area contributed by atoms with Crippen molar-refractivity contribution >= 4 is 45.5 Å². The van der Waals surface area contributed by atoms with Crippen molar-refractivity contribution in [1.29, 1.82) is 0 Å². The lowest BCUT2D eigenvalue weighted by Gasteiger charge is -2.26. The van der Waals surface area contributed by atoms with E-state index in [1.165, 1.54) is 36.4 Å². The topological polar surface area (TPSA) is 107 Å². The number of aliphatic hydroxyl groups is 1. The number of hydrogen-bond acceptors (Lipinski definition) is 6. The van der Waals surface area contributed by atoms with Gasteiger partial charge in [-0.15, -0.1) is 0 Å². The fraction of sp³-hybridized carbons (Fsp3) is 0.103. The van der Waals surface area contributed by atoms with Gasteiger partial charge in [-0.3, -0.25) is 14.5 Å². The summed E-state index contributed by atoms with van der Waals surface area (Å²) in [5, 5.41) is 34.3. The van der Waals surface area contributed by atoms with Crippen molar-refractivity contribution in [3.05, 3.63) is 101 Å². The molecule has 8 heteroatoms. The third-order valence-corrected chi connectivity index (χ3v) is 6.50. The van der Waals surface area contributed by atoms with Gasteiger partial charge in [0.2, 0.25) is 0 Å². The Morgan fingerprint density at radius 2 is 1.65 bits per heavy atom. The molecule has 1 aliphatic rings. The van der Waals surface area contributed by atoms with Crippen molar-refractivity contribution < 1.29 is 29.6 Å².